The van der Waals surface area contributed by atoms with Crippen molar-refractivity contribution in [2.75, 3.05) is 24.6 Å². The van der Waals surface area contributed by atoms with Crippen LogP contribution in [0.2, 0.25) is 0 Å². The highest BCUT2D eigenvalue weighted by Gasteiger charge is 2.44. The molecular formula is C24H26F3N7O3. The Morgan fingerprint density at radius 2 is 1.95 bits per heavy atom. The number of hydrogen-bond donors (Lipinski definition) is 2. The number of amides is 2. The average molecular weight is 518 g/mol. The van der Waals surface area contributed by atoms with Crippen molar-refractivity contribution in [3.8, 4) is 12.1 Å². The highest BCUT2D eigenvalue weighted by atomic mass is 19.4. The number of nitriles is 1. The van der Waals surface area contributed by atoms with Gasteiger partial charge < -0.3 is 20.7 Å². The number of nitrogens with zero attached hydrogens (tertiary/aromatic N) is 5. The molecule has 2 aromatic heterocycles. The number of primary amides is 1. The van der Waals surface area contributed by atoms with Crippen molar-refractivity contribution in [3.63, 3.8) is 0 Å². The Labute approximate surface area is 211 Å². The van der Waals surface area contributed by atoms with Gasteiger partial charge >= 0.3 is 12.2 Å². The molecule has 2 fully saturated rings. The molecule has 10 nitrogen and oxygen atoms in total. The highest BCUT2D eigenvalue weighted by Crippen LogP contribution is 2.45. The third kappa shape index (κ3) is 6.25. The van der Waals surface area contributed by atoms with Crippen molar-refractivity contribution in [2.24, 2.45) is 11.1 Å². The number of nitrogens with one attached hydrogen (secondary N) is 1. The van der Waals surface area contributed by atoms with E-state index < -0.39 is 29.4 Å². The van der Waals surface area contributed by atoms with Crippen LogP contribution in [0.3, 0.4) is 0 Å². The summed E-state index contributed by atoms with van der Waals surface area (Å²) >= 11 is 0. The maximum absolute atomic E-state index is 13.0. The Hall–Kier alpha value is -3.95. The fourth-order valence-corrected chi connectivity index (χ4v) is 3.97. The molecule has 2 amide bonds. The van der Waals surface area contributed by atoms with Gasteiger partial charge in [0.2, 0.25) is 0 Å². The zero-order valence-corrected chi connectivity index (χ0v) is 20.1. The number of carbonyl (C=O) groups is 2. The predicted octanol–water partition coefficient (Wildman–Crippen LogP) is 2.72. The third-order valence-corrected chi connectivity index (χ3v) is 6.59. The molecule has 0 unspecified atom stereocenters. The number of rotatable bonds is 8. The number of ether oxygens (including phenoxy) is 1. The van der Waals surface area contributed by atoms with Crippen LogP contribution >= 0.6 is 0 Å². The van der Waals surface area contributed by atoms with Gasteiger partial charge in [-0.2, -0.15) is 28.4 Å². The van der Waals surface area contributed by atoms with Crippen LogP contribution in [0.25, 0.3) is 0 Å². The van der Waals surface area contributed by atoms with Crippen molar-refractivity contribution >= 4 is 17.6 Å². The van der Waals surface area contributed by atoms with Crippen LogP contribution < -0.4 is 20.7 Å². The lowest BCUT2D eigenvalue weighted by atomic mass is 9.93. The summed E-state index contributed by atoms with van der Waals surface area (Å²) in [4.78, 5) is 38.7. The first kappa shape index (κ1) is 26.1. The Balaban J connectivity index is 1.52. The van der Waals surface area contributed by atoms with Crippen molar-refractivity contribution in [3.05, 3.63) is 41.3 Å². The Bertz CT molecular complexity index is 1220. The number of nitrogens with two attached hydrogens (primary N) is 1. The van der Waals surface area contributed by atoms with Gasteiger partial charge in [-0.05, 0) is 44.7 Å². The largest absolute Gasteiger partial charge is 0.462 e. The zero-order valence-electron chi connectivity index (χ0n) is 20.1. The van der Waals surface area contributed by atoms with E-state index in [4.69, 9.17) is 10.5 Å². The van der Waals surface area contributed by atoms with Gasteiger partial charge in [0, 0.05) is 30.8 Å². The molecule has 1 atom stereocenters. The van der Waals surface area contributed by atoms with E-state index in [1.54, 1.807) is 12.1 Å². The number of piperidine rings is 1. The molecule has 0 aromatic carbocycles. The Kier molecular flexibility index (Phi) is 7.20. The molecule has 196 valence electrons. The number of pyridine rings is 1. The molecule has 0 spiro atoms. The molecule has 1 saturated carbocycles. The van der Waals surface area contributed by atoms with E-state index in [-0.39, 0.29) is 29.9 Å². The summed E-state index contributed by atoms with van der Waals surface area (Å²) in [6.45, 7) is 1.88. The number of anilines is 1. The van der Waals surface area contributed by atoms with E-state index in [1.165, 1.54) is 6.07 Å². The normalized spacial score (nSPS) is 18.0. The van der Waals surface area contributed by atoms with Crippen molar-refractivity contribution < 1.29 is 27.5 Å². The summed E-state index contributed by atoms with van der Waals surface area (Å²) < 4.78 is 44.5. The summed E-state index contributed by atoms with van der Waals surface area (Å²) in [7, 11) is 0. The van der Waals surface area contributed by atoms with E-state index in [0.717, 1.165) is 12.6 Å². The zero-order chi connectivity index (χ0) is 26.8. The lowest BCUT2D eigenvalue weighted by Crippen LogP contribution is -2.43. The van der Waals surface area contributed by atoms with Crippen LogP contribution in [0.5, 0.6) is 6.01 Å². The molecule has 2 aromatic rings. The van der Waals surface area contributed by atoms with Crippen molar-refractivity contribution in [1.82, 2.24) is 20.3 Å². The van der Waals surface area contributed by atoms with E-state index in [9.17, 15) is 28.0 Å². The van der Waals surface area contributed by atoms with Gasteiger partial charge in [0.15, 0.2) is 0 Å². The molecule has 1 aliphatic heterocycles. The monoisotopic (exact) mass is 517 g/mol. The molecule has 0 bridgehead atoms. The standard InChI is InChI=1S/C24H26F3N7O3/c1-14(24(25,26)27)30-21(36)18-11-19(33-22(32-18)37-13-23(12-28)7-8-23)34-9-5-15(6-10-34)16-3-2-4-17(31-16)20(29)35/h2-4,11,14-15H,5-10,13H2,1H3,(H2,29,35)(H,30,36)/t14-/m0/s1. The minimum absolute atomic E-state index is 0.0247. The molecule has 3 heterocycles. The van der Waals surface area contributed by atoms with Crippen LogP contribution in [0, 0.1) is 16.7 Å². The van der Waals surface area contributed by atoms with E-state index in [1.807, 2.05) is 16.3 Å². The highest BCUT2D eigenvalue weighted by molar-refractivity contribution is 5.93. The van der Waals surface area contributed by atoms with Gasteiger partial charge in [-0.1, -0.05) is 6.07 Å². The number of alkyl halides is 3. The lowest BCUT2D eigenvalue weighted by molar-refractivity contribution is -0.149. The summed E-state index contributed by atoms with van der Waals surface area (Å²) in [5, 5.41) is 11.2. The van der Waals surface area contributed by atoms with Gasteiger partial charge in [-0.15, -0.1) is 0 Å². The number of carbonyl (C=O) groups excluding carboxylic acids is 2. The molecule has 1 saturated heterocycles. The van der Waals surface area contributed by atoms with Crippen LogP contribution in [0.15, 0.2) is 24.3 Å². The average Bonchev–Trinajstić information content (AvgIpc) is 3.67. The minimum atomic E-state index is -4.61. The summed E-state index contributed by atoms with van der Waals surface area (Å²) in [6.07, 6.45) is -1.98. The first-order valence-electron chi connectivity index (χ1n) is 11.8. The van der Waals surface area contributed by atoms with Gasteiger partial charge in [-0.25, -0.2) is 4.98 Å². The Morgan fingerprint density at radius 1 is 1.24 bits per heavy atom. The summed E-state index contributed by atoms with van der Waals surface area (Å²) in [5.41, 5.74) is 5.37. The van der Waals surface area contributed by atoms with Gasteiger partial charge in [0.25, 0.3) is 11.8 Å². The molecule has 3 N–H and O–H groups in total. The maximum Gasteiger partial charge on any atom is 0.408 e. The second-order valence-corrected chi connectivity index (χ2v) is 9.38. The molecule has 0 radical (unpaired) electrons. The molecule has 4 rings (SSSR count). The number of aromatic nitrogens is 3. The minimum Gasteiger partial charge on any atom is -0.462 e. The number of hydrogen-bond acceptors (Lipinski definition) is 8. The van der Waals surface area contributed by atoms with Crippen LogP contribution in [0.1, 0.15) is 65.2 Å². The van der Waals surface area contributed by atoms with Crippen molar-refractivity contribution in [2.45, 2.75) is 50.7 Å². The maximum atomic E-state index is 13.0. The first-order valence-corrected chi connectivity index (χ1v) is 11.8. The Morgan fingerprint density at radius 3 is 2.54 bits per heavy atom. The van der Waals surface area contributed by atoms with Crippen molar-refractivity contribution in [1.29, 1.82) is 5.26 Å². The molecule has 13 heteroatoms. The molecule has 2 aliphatic rings. The summed E-state index contributed by atoms with van der Waals surface area (Å²) in [6, 6.07) is 6.36. The molecular weight excluding hydrogens is 491 g/mol. The van der Waals surface area contributed by atoms with Gasteiger partial charge in [-0.3, -0.25) is 9.59 Å². The second kappa shape index (κ2) is 10.2. The smallest absolute Gasteiger partial charge is 0.408 e. The van der Waals surface area contributed by atoms with Gasteiger partial charge in [0.1, 0.15) is 29.9 Å². The van der Waals surface area contributed by atoms with Gasteiger partial charge in [0.05, 0.1) is 11.5 Å². The predicted molar refractivity (Wildman–Crippen MR) is 125 cm³/mol. The fraction of sp³-hybridized carbons (Fsp3) is 0.500. The topological polar surface area (TPSA) is 147 Å². The lowest BCUT2D eigenvalue weighted by Gasteiger charge is -2.32. The summed E-state index contributed by atoms with van der Waals surface area (Å²) in [5.74, 6) is -1.23. The van der Waals surface area contributed by atoms with Crippen LogP contribution in [-0.4, -0.2) is 58.7 Å². The van der Waals surface area contributed by atoms with Crippen LogP contribution in [-0.2, 0) is 0 Å². The molecule has 37 heavy (non-hydrogen) atoms. The molecule has 1 aliphatic carbocycles. The van der Waals surface area contributed by atoms with E-state index >= 15 is 0 Å². The fourth-order valence-electron chi connectivity index (χ4n) is 3.97. The first-order chi connectivity index (χ1) is 17.5. The van der Waals surface area contributed by atoms with E-state index in [0.29, 0.717) is 44.6 Å². The SMILES string of the molecule is C[C@H](NC(=O)c1cc(N2CCC(c3cccc(C(N)=O)n3)CC2)nc(OCC2(C#N)CC2)n1)C(F)(F)F. The van der Waals surface area contributed by atoms with E-state index in [2.05, 4.69) is 21.0 Å². The second-order valence-electron chi connectivity index (χ2n) is 9.38. The quantitative estimate of drug-likeness (QED) is 0.543. The number of halogens is 3. The third-order valence-electron chi connectivity index (χ3n) is 6.59. The van der Waals surface area contributed by atoms with Crippen LogP contribution in [0.4, 0.5) is 19.0 Å².